The fourth-order valence-electron chi connectivity index (χ4n) is 3.02. The second-order valence-corrected chi connectivity index (χ2v) is 7.60. The van der Waals surface area contributed by atoms with Gasteiger partial charge in [-0.25, -0.2) is 4.79 Å². The van der Waals surface area contributed by atoms with Gasteiger partial charge in [-0.05, 0) is 11.6 Å². The molecular formula is C20H27N5O7S. The van der Waals surface area contributed by atoms with Crippen LogP contribution in [0.2, 0.25) is 0 Å². The van der Waals surface area contributed by atoms with E-state index in [0.29, 0.717) is 5.56 Å². The highest BCUT2D eigenvalue weighted by atomic mass is 32.1. The Morgan fingerprint density at radius 1 is 0.939 bits per heavy atom. The zero-order valence-electron chi connectivity index (χ0n) is 17.5. The van der Waals surface area contributed by atoms with Crippen molar-refractivity contribution in [2.75, 3.05) is 19.0 Å². The van der Waals surface area contributed by atoms with Crippen molar-refractivity contribution in [1.29, 1.82) is 0 Å². The van der Waals surface area contributed by atoms with Crippen LogP contribution in [0.15, 0.2) is 30.5 Å². The minimum atomic E-state index is -1.48. The summed E-state index contributed by atoms with van der Waals surface area (Å²) in [6.07, 6.45) is 1.68. The number of aliphatic hydroxyl groups excluding tert-OH is 2. The van der Waals surface area contributed by atoms with Crippen molar-refractivity contribution in [1.82, 2.24) is 20.9 Å². The Labute approximate surface area is 194 Å². The molecule has 0 aliphatic rings. The molecule has 12 nitrogen and oxygen atoms in total. The predicted octanol–water partition coefficient (Wildman–Crippen LogP) is -2.51. The number of benzene rings is 1. The van der Waals surface area contributed by atoms with Crippen LogP contribution >= 0.6 is 12.6 Å². The summed E-state index contributed by atoms with van der Waals surface area (Å²) < 4.78 is 0. The first-order chi connectivity index (χ1) is 15.7. The number of carboxylic acids is 1. The number of thiol groups is 1. The lowest BCUT2D eigenvalue weighted by atomic mass is 10.0. The summed E-state index contributed by atoms with van der Waals surface area (Å²) >= 11 is 3.85. The third kappa shape index (κ3) is 6.92. The van der Waals surface area contributed by atoms with E-state index < -0.39 is 61.1 Å². The van der Waals surface area contributed by atoms with E-state index in [0.717, 1.165) is 10.9 Å². The molecule has 1 aromatic heterocycles. The van der Waals surface area contributed by atoms with E-state index in [4.69, 9.17) is 15.9 Å². The molecule has 1 aromatic carbocycles. The zero-order valence-corrected chi connectivity index (χ0v) is 18.4. The number of aromatic nitrogens is 1. The SMILES string of the molecule is NC(CO)C(=O)NC(Cc1c[nH]c2ccccc12)C(=O)NC(CO)C(=O)NC(CS)C(=O)O. The number of hydrogen-bond donors (Lipinski definition) is 9. The van der Waals surface area contributed by atoms with Crippen LogP contribution in [0.4, 0.5) is 0 Å². The van der Waals surface area contributed by atoms with E-state index in [1.165, 1.54) is 0 Å². The molecule has 3 amide bonds. The molecular weight excluding hydrogens is 454 g/mol. The smallest absolute Gasteiger partial charge is 0.327 e. The highest BCUT2D eigenvalue weighted by Gasteiger charge is 2.30. The largest absolute Gasteiger partial charge is 0.480 e. The van der Waals surface area contributed by atoms with Crippen LogP contribution in [-0.4, -0.2) is 87.1 Å². The third-order valence-electron chi connectivity index (χ3n) is 4.88. The summed E-state index contributed by atoms with van der Waals surface area (Å²) in [6, 6.07) is 2.01. The van der Waals surface area contributed by atoms with Crippen LogP contribution in [0.1, 0.15) is 5.56 Å². The van der Waals surface area contributed by atoms with E-state index >= 15 is 0 Å². The topological polar surface area (TPSA) is 207 Å². The maximum absolute atomic E-state index is 13.0. The van der Waals surface area contributed by atoms with Crippen molar-refractivity contribution < 1.29 is 34.5 Å². The Bertz CT molecular complexity index is 998. The quantitative estimate of drug-likeness (QED) is 0.148. The lowest BCUT2D eigenvalue weighted by Gasteiger charge is -2.24. The number of para-hydroxylation sites is 1. The molecule has 33 heavy (non-hydrogen) atoms. The Hall–Kier alpha value is -3.13. The molecule has 13 heteroatoms. The second kappa shape index (κ2) is 12.2. The molecule has 0 fully saturated rings. The number of H-pyrrole nitrogens is 1. The average Bonchev–Trinajstić information content (AvgIpc) is 3.22. The zero-order chi connectivity index (χ0) is 24.5. The van der Waals surface area contributed by atoms with E-state index in [9.17, 15) is 24.3 Å². The van der Waals surface area contributed by atoms with Crippen LogP contribution in [0.3, 0.4) is 0 Å². The highest BCUT2D eigenvalue weighted by molar-refractivity contribution is 7.80. The van der Waals surface area contributed by atoms with Crippen molar-refractivity contribution in [2.24, 2.45) is 5.73 Å². The highest BCUT2D eigenvalue weighted by Crippen LogP contribution is 2.19. The standard InChI is InChI=1S/C20H27N5O7S/c21-12(7-26)17(28)23-14(5-10-6-22-13-4-2-1-3-11(10)13)18(29)24-15(8-27)19(30)25-16(9-33)20(31)32/h1-4,6,12,14-16,22,26-27,33H,5,7-9,21H2,(H,23,28)(H,24,29)(H,25,30)(H,31,32). The van der Waals surface area contributed by atoms with Gasteiger partial charge in [0.2, 0.25) is 17.7 Å². The molecule has 2 rings (SSSR count). The van der Waals surface area contributed by atoms with Crippen molar-refractivity contribution in [2.45, 2.75) is 30.6 Å². The molecule has 0 aliphatic heterocycles. The Morgan fingerprint density at radius 2 is 1.55 bits per heavy atom. The molecule has 0 saturated heterocycles. The number of carboxylic acid groups (broad SMARTS) is 1. The van der Waals surface area contributed by atoms with Gasteiger partial charge < -0.3 is 42.0 Å². The number of nitrogens with one attached hydrogen (secondary N) is 4. The van der Waals surface area contributed by atoms with Gasteiger partial charge in [0, 0.05) is 29.3 Å². The first-order valence-corrected chi connectivity index (χ1v) is 10.6. The van der Waals surface area contributed by atoms with Gasteiger partial charge in [-0.2, -0.15) is 12.6 Å². The summed E-state index contributed by atoms with van der Waals surface area (Å²) in [6.45, 7) is -1.46. The predicted molar refractivity (Wildman–Crippen MR) is 121 cm³/mol. The number of fused-ring (bicyclic) bond motifs is 1. The molecule has 0 spiro atoms. The molecule has 1 heterocycles. The van der Waals surface area contributed by atoms with Gasteiger partial charge >= 0.3 is 5.97 Å². The fourth-order valence-corrected chi connectivity index (χ4v) is 3.26. The summed E-state index contributed by atoms with van der Waals surface area (Å²) in [5, 5.41) is 35.5. The molecule has 0 saturated carbocycles. The number of rotatable bonds is 12. The molecule has 0 radical (unpaired) electrons. The minimum Gasteiger partial charge on any atom is -0.480 e. The van der Waals surface area contributed by atoms with Gasteiger partial charge in [-0.1, -0.05) is 18.2 Å². The first kappa shape index (κ1) is 26.1. The number of aliphatic hydroxyl groups is 2. The molecule has 0 aliphatic carbocycles. The van der Waals surface area contributed by atoms with Crippen molar-refractivity contribution in [3.63, 3.8) is 0 Å². The van der Waals surface area contributed by atoms with E-state index in [1.54, 1.807) is 12.3 Å². The van der Waals surface area contributed by atoms with Crippen LogP contribution in [0.25, 0.3) is 10.9 Å². The maximum atomic E-state index is 13.0. The number of carbonyl (C=O) groups is 4. The van der Waals surface area contributed by atoms with Crippen LogP contribution in [0.5, 0.6) is 0 Å². The number of aliphatic carboxylic acids is 1. The van der Waals surface area contributed by atoms with Gasteiger partial charge in [0.1, 0.15) is 24.2 Å². The average molecular weight is 482 g/mol. The number of hydrogen-bond acceptors (Lipinski definition) is 8. The molecule has 2 aromatic rings. The molecule has 0 bridgehead atoms. The van der Waals surface area contributed by atoms with Gasteiger partial charge in [0.25, 0.3) is 0 Å². The fraction of sp³-hybridized carbons (Fsp3) is 0.400. The maximum Gasteiger partial charge on any atom is 0.327 e. The number of carbonyl (C=O) groups excluding carboxylic acids is 3. The van der Waals surface area contributed by atoms with Crippen molar-refractivity contribution >= 4 is 47.2 Å². The summed E-state index contributed by atoms with van der Waals surface area (Å²) in [5.41, 5.74) is 7.03. The lowest BCUT2D eigenvalue weighted by Crippen LogP contribution is -2.59. The number of aromatic amines is 1. The Kier molecular flexibility index (Phi) is 9.66. The van der Waals surface area contributed by atoms with Crippen molar-refractivity contribution in [3.05, 3.63) is 36.0 Å². The van der Waals surface area contributed by atoms with E-state index in [2.05, 4.69) is 33.6 Å². The minimum absolute atomic E-state index is 0.00783. The summed E-state index contributed by atoms with van der Waals surface area (Å²) in [4.78, 5) is 51.7. The number of nitrogens with two attached hydrogens (primary N) is 1. The second-order valence-electron chi connectivity index (χ2n) is 7.24. The van der Waals surface area contributed by atoms with Crippen molar-refractivity contribution in [3.8, 4) is 0 Å². The van der Waals surface area contributed by atoms with Crippen LogP contribution < -0.4 is 21.7 Å². The number of amides is 3. The lowest BCUT2D eigenvalue weighted by molar-refractivity contribution is -0.142. The normalized spacial score (nSPS) is 14.7. The van der Waals surface area contributed by atoms with Gasteiger partial charge in [0.15, 0.2) is 0 Å². The molecule has 180 valence electrons. The van der Waals surface area contributed by atoms with Gasteiger partial charge in [0.05, 0.1) is 13.2 Å². The van der Waals surface area contributed by atoms with Gasteiger partial charge in [-0.15, -0.1) is 0 Å². The van der Waals surface area contributed by atoms with Crippen LogP contribution in [-0.2, 0) is 25.6 Å². The van der Waals surface area contributed by atoms with E-state index in [-0.39, 0.29) is 12.2 Å². The summed E-state index contributed by atoms with van der Waals surface area (Å²) in [7, 11) is 0. The Balaban J connectivity index is 2.21. The monoisotopic (exact) mass is 481 g/mol. The third-order valence-corrected chi connectivity index (χ3v) is 5.24. The van der Waals surface area contributed by atoms with Gasteiger partial charge in [-0.3, -0.25) is 14.4 Å². The van der Waals surface area contributed by atoms with E-state index in [1.807, 2.05) is 18.2 Å². The first-order valence-electron chi connectivity index (χ1n) is 9.98. The molecule has 9 N–H and O–H groups in total. The van der Waals surface area contributed by atoms with Crippen LogP contribution in [0, 0.1) is 0 Å². The molecule has 4 atom stereocenters. The summed E-state index contributed by atoms with van der Waals surface area (Å²) in [5.74, 6) is -4.07. The molecule has 4 unspecified atom stereocenters. The Morgan fingerprint density at radius 3 is 2.15 bits per heavy atom.